The Bertz CT molecular complexity index is 779. The Morgan fingerprint density at radius 1 is 1.25 bits per heavy atom. The maximum Gasteiger partial charge on any atom is 0.414 e. The van der Waals surface area contributed by atoms with Crippen LogP contribution in [0.1, 0.15) is 5.56 Å². The zero-order chi connectivity index (χ0) is 17.1. The molecular formula is C16H14ClN3O4. The highest BCUT2D eigenvalue weighted by atomic mass is 35.5. The van der Waals surface area contributed by atoms with Gasteiger partial charge in [-0.3, -0.25) is 15.0 Å². The summed E-state index contributed by atoms with van der Waals surface area (Å²) in [5.41, 5.74) is 2.04. The fourth-order valence-electron chi connectivity index (χ4n) is 2.46. The van der Waals surface area contributed by atoms with Crippen LogP contribution in [0, 0.1) is 10.1 Å². The van der Waals surface area contributed by atoms with Crippen molar-refractivity contribution in [2.45, 2.75) is 6.54 Å². The van der Waals surface area contributed by atoms with E-state index < -0.39 is 4.92 Å². The molecule has 7 nitrogen and oxygen atoms in total. The zero-order valence-electron chi connectivity index (χ0n) is 12.6. The maximum absolute atomic E-state index is 11.5. The Labute approximate surface area is 142 Å². The van der Waals surface area contributed by atoms with Crippen LogP contribution in [0.5, 0.6) is 0 Å². The van der Waals surface area contributed by atoms with E-state index in [0.717, 1.165) is 11.4 Å². The SMILES string of the molecule is O=C1OCCN1c1ccc(NCc2cc(Cl)ccc2[N+](=O)[O-])cc1. The zero-order valence-corrected chi connectivity index (χ0v) is 13.3. The molecule has 1 amide bonds. The van der Waals surface area contributed by atoms with Crippen LogP contribution in [0.3, 0.4) is 0 Å². The molecule has 1 N–H and O–H groups in total. The molecule has 24 heavy (non-hydrogen) atoms. The molecule has 0 radical (unpaired) electrons. The van der Waals surface area contributed by atoms with Gasteiger partial charge >= 0.3 is 6.09 Å². The molecule has 0 saturated carbocycles. The third-order valence-electron chi connectivity index (χ3n) is 3.66. The fourth-order valence-corrected chi connectivity index (χ4v) is 2.65. The minimum absolute atomic E-state index is 0.0170. The third-order valence-corrected chi connectivity index (χ3v) is 3.90. The number of anilines is 2. The first-order valence-electron chi connectivity index (χ1n) is 7.25. The van der Waals surface area contributed by atoms with Gasteiger partial charge in [0.2, 0.25) is 0 Å². The number of benzene rings is 2. The molecule has 2 aromatic rings. The van der Waals surface area contributed by atoms with Gasteiger partial charge in [-0.25, -0.2) is 4.79 Å². The van der Waals surface area contributed by atoms with E-state index in [1.54, 1.807) is 35.2 Å². The molecule has 0 aromatic heterocycles. The lowest BCUT2D eigenvalue weighted by Crippen LogP contribution is -2.23. The van der Waals surface area contributed by atoms with Gasteiger partial charge in [0.15, 0.2) is 0 Å². The molecule has 1 saturated heterocycles. The van der Waals surface area contributed by atoms with Crippen LogP contribution < -0.4 is 10.2 Å². The molecule has 0 unspecified atom stereocenters. The molecule has 1 aliphatic rings. The lowest BCUT2D eigenvalue weighted by Gasteiger charge is -2.13. The number of nitrogens with one attached hydrogen (secondary N) is 1. The number of carbonyl (C=O) groups excluding carboxylic acids is 1. The lowest BCUT2D eigenvalue weighted by molar-refractivity contribution is -0.385. The van der Waals surface area contributed by atoms with Crippen LogP contribution in [0.25, 0.3) is 0 Å². The number of halogens is 1. The second-order valence-corrected chi connectivity index (χ2v) is 5.63. The fraction of sp³-hybridized carbons (Fsp3) is 0.188. The van der Waals surface area contributed by atoms with Crippen molar-refractivity contribution in [1.82, 2.24) is 0 Å². The van der Waals surface area contributed by atoms with Gasteiger partial charge in [-0.15, -0.1) is 0 Å². The summed E-state index contributed by atoms with van der Waals surface area (Å²) in [6, 6.07) is 11.6. The molecule has 1 heterocycles. The molecule has 0 atom stereocenters. The van der Waals surface area contributed by atoms with Crippen LogP contribution in [-0.4, -0.2) is 24.2 Å². The average molecular weight is 348 g/mol. The van der Waals surface area contributed by atoms with Gasteiger partial charge in [-0.05, 0) is 36.4 Å². The summed E-state index contributed by atoms with van der Waals surface area (Å²) in [7, 11) is 0. The summed E-state index contributed by atoms with van der Waals surface area (Å²) in [4.78, 5) is 23.7. The maximum atomic E-state index is 11.5. The predicted molar refractivity (Wildman–Crippen MR) is 90.6 cm³/mol. The molecule has 0 aliphatic carbocycles. The van der Waals surface area contributed by atoms with Gasteiger partial charge in [-0.1, -0.05) is 11.6 Å². The number of ether oxygens (including phenoxy) is 1. The van der Waals surface area contributed by atoms with Crippen molar-refractivity contribution in [2.24, 2.45) is 0 Å². The summed E-state index contributed by atoms with van der Waals surface area (Å²) in [6.07, 6.45) is -0.356. The van der Waals surface area contributed by atoms with Crippen molar-refractivity contribution in [2.75, 3.05) is 23.4 Å². The van der Waals surface area contributed by atoms with Crippen LogP contribution in [0.2, 0.25) is 5.02 Å². The van der Waals surface area contributed by atoms with Crippen molar-refractivity contribution in [1.29, 1.82) is 0 Å². The molecule has 8 heteroatoms. The molecule has 1 aliphatic heterocycles. The van der Waals surface area contributed by atoms with Crippen molar-refractivity contribution in [3.63, 3.8) is 0 Å². The standard InChI is InChI=1S/C16H14ClN3O4/c17-12-1-6-15(20(22)23)11(9-12)10-18-13-2-4-14(5-3-13)19-7-8-24-16(19)21/h1-6,9,18H,7-8,10H2. The first kappa shape index (κ1) is 16.1. The molecule has 2 aromatic carbocycles. The van der Waals surface area contributed by atoms with Crippen LogP contribution in [0.4, 0.5) is 21.9 Å². The average Bonchev–Trinajstić information content (AvgIpc) is 2.99. The van der Waals surface area contributed by atoms with Crippen LogP contribution in [0.15, 0.2) is 42.5 Å². The van der Waals surface area contributed by atoms with E-state index in [1.165, 1.54) is 12.1 Å². The molecule has 0 bridgehead atoms. The van der Waals surface area contributed by atoms with Gasteiger partial charge in [0.1, 0.15) is 6.61 Å². The van der Waals surface area contributed by atoms with Crippen molar-refractivity contribution < 1.29 is 14.5 Å². The summed E-state index contributed by atoms with van der Waals surface area (Å²) < 4.78 is 4.90. The number of hydrogen-bond donors (Lipinski definition) is 1. The first-order chi connectivity index (χ1) is 11.5. The summed E-state index contributed by atoms with van der Waals surface area (Å²) >= 11 is 5.91. The van der Waals surface area contributed by atoms with Crippen molar-refractivity contribution >= 4 is 34.8 Å². The number of nitro groups is 1. The summed E-state index contributed by atoms with van der Waals surface area (Å²) in [5.74, 6) is 0. The van der Waals surface area contributed by atoms with E-state index in [2.05, 4.69) is 5.32 Å². The Morgan fingerprint density at radius 2 is 2.00 bits per heavy atom. The summed E-state index contributed by atoms with van der Waals surface area (Å²) in [6.45, 7) is 1.18. The largest absolute Gasteiger partial charge is 0.447 e. The van der Waals surface area contributed by atoms with Crippen LogP contribution >= 0.6 is 11.6 Å². The first-order valence-corrected chi connectivity index (χ1v) is 7.63. The highest BCUT2D eigenvalue weighted by Gasteiger charge is 2.23. The molecule has 1 fully saturated rings. The monoisotopic (exact) mass is 347 g/mol. The molecule has 124 valence electrons. The Kier molecular flexibility index (Phi) is 4.52. The third kappa shape index (κ3) is 3.41. The van der Waals surface area contributed by atoms with Gasteiger partial charge < -0.3 is 10.1 Å². The van der Waals surface area contributed by atoms with Crippen molar-refractivity contribution in [3.05, 3.63) is 63.2 Å². The Hall–Kier alpha value is -2.80. The van der Waals surface area contributed by atoms with E-state index in [4.69, 9.17) is 16.3 Å². The molecule has 0 spiro atoms. The van der Waals surface area contributed by atoms with Crippen LogP contribution in [-0.2, 0) is 11.3 Å². The number of rotatable bonds is 5. The molecule has 3 rings (SSSR count). The lowest BCUT2D eigenvalue weighted by atomic mass is 10.1. The van der Waals surface area contributed by atoms with E-state index in [1.807, 2.05) is 0 Å². The number of cyclic esters (lactones) is 1. The second-order valence-electron chi connectivity index (χ2n) is 5.20. The normalized spacial score (nSPS) is 13.7. The van der Waals surface area contributed by atoms with E-state index in [0.29, 0.717) is 23.7 Å². The number of nitrogens with zero attached hydrogens (tertiary/aromatic N) is 2. The van der Waals surface area contributed by atoms with Gasteiger partial charge in [0.25, 0.3) is 5.69 Å². The number of hydrogen-bond acceptors (Lipinski definition) is 5. The van der Waals surface area contributed by atoms with E-state index in [-0.39, 0.29) is 18.3 Å². The smallest absolute Gasteiger partial charge is 0.414 e. The van der Waals surface area contributed by atoms with E-state index >= 15 is 0 Å². The minimum Gasteiger partial charge on any atom is -0.447 e. The highest BCUT2D eigenvalue weighted by molar-refractivity contribution is 6.30. The summed E-state index contributed by atoms with van der Waals surface area (Å²) in [5, 5.41) is 14.6. The second kappa shape index (κ2) is 6.76. The van der Waals surface area contributed by atoms with Crippen molar-refractivity contribution in [3.8, 4) is 0 Å². The highest BCUT2D eigenvalue weighted by Crippen LogP contribution is 2.25. The van der Waals surface area contributed by atoms with E-state index in [9.17, 15) is 14.9 Å². The Morgan fingerprint density at radius 3 is 2.62 bits per heavy atom. The number of amides is 1. The van der Waals surface area contributed by atoms with Gasteiger partial charge in [0, 0.05) is 29.0 Å². The van der Waals surface area contributed by atoms with Gasteiger partial charge in [0.05, 0.1) is 17.0 Å². The van der Waals surface area contributed by atoms with Gasteiger partial charge in [-0.2, -0.15) is 0 Å². The number of nitro benzene ring substituents is 1. The topological polar surface area (TPSA) is 84.7 Å². The predicted octanol–water partition coefficient (Wildman–Crippen LogP) is 3.82. The quantitative estimate of drug-likeness (QED) is 0.656. The molecular weight excluding hydrogens is 334 g/mol. The number of carbonyl (C=O) groups is 1. The minimum atomic E-state index is -0.435. The Balaban J connectivity index is 1.70.